The van der Waals surface area contributed by atoms with E-state index in [1.165, 1.54) is 39.3 Å². The fourth-order valence-corrected chi connectivity index (χ4v) is 3.75. The fraction of sp³-hybridized carbons (Fsp3) is 0.238. The Morgan fingerprint density at radius 3 is 1.82 bits per heavy atom. The van der Waals surface area contributed by atoms with Crippen molar-refractivity contribution < 1.29 is 0 Å². The second-order valence-electron chi connectivity index (χ2n) is 6.33. The first-order valence-corrected chi connectivity index (χ1v) is 8.09. The zero-order chi connectivity index (χ0) is 15.1. The maximum absolute atomic E-state index is 4.34. The van der Waals surface area contributed by atoms with Crippen molar-refractivity contribution >= 4 is 11.4 Å². The van der Waals surface area contributed by atoms with Crippen LogP contribution < -0.4 is 4.90 Å². The minimum absolute atomic E-state index is 1.09. The van der Waals surface area contributed by atoms with E-state index < -0.39 is 0 Å². The van der Waals surface area contributed by atoms with Crippen LogP contribution in [0.3, 0.4) is 0 Å². The van der Waals surface area contributed by atoms with Crippen LogP contribution in [0.15, 0.2) is 72.0 Å². The van der Waals surface area contributed by atoms with Gasteiger partial charge in [-0.05, 0) is 67.0 Å². The molecule has 0 spiro atoms. The molecule has 1 heteroatoms. The summed E-state index contributed by atoms with van der Waals surface area (Å²) in [7, 11) is 0. The highest BCUT2D eigenvalue weighted by atomic mass is 15.2. The molecule has 0 radical (unpaired) electrons. The summed E-state index contributed by atoms with van der Waals surface area (Å²) >= 11 is 0. The van der Waals surface area contributed by atoms with Gasteiger partial charge in [-0.3, -0.25) is 0 Å². The van der Waals surface area contributed by atoms with E-state index in [4.69, 9.17) is 0 Å². The molecule has 110 valence electrons. The van der Waals surface area contributed by atoms with E-state index in [2.05, 4.69) is 66.9 Å². The average Bonchev–Trinajstić information content (AvgIpc) is 2.79. The zero-order valence-corrected chi connectivity index (χ0v) is 13.1. The molecule has 0 saturated carbocycles. The molecule has 2 aromatic rings. The predicted molar refractivity (Wildman–Crippen MR) is 93.5 cm³/mol. The molecule has 0 aromatic heterocycles. The van der Waals surface area contributed by atoms with Crippen molar-refractivity contribution in [2.24, 2.45) is 0 Å². The van der Waals surface area contributed by atoms with Gasteiger partial charge in [-0.25, -0.2) is 0 Å². The number of para-hydroxylation sites is 2. The van der Waals surface area contributed by atoms with Gasteiger partial charge in [0, 0.05) is 17.1 Å². The van der Waals surface area contributed by atoms with E-state index in [0.29, 0.717) is 0 Å². The van der Waals surface area contributed by atoms with E-state index in [1.807, 2.05) is 0 Å². The summed E-state index contributed by atoms with van der Waals surface area (Å²) in [6.07, 6.45) is 4.42. The molecule has 1 heterocycles. The van der Waals surface area contributed by atoms with Crippen LogP contribution in [-0.4, -0.2) is 0 Å². The monoisotopic (exact) mass is 287 g/mol. The lowest BCUT2D eigenvalue weighted by atomic mass is 10.0. The first kappa shape index (κ1) is 13.4. The lowest BCUT2D eigenvalue weighted by Crippen LogP contribution is -2.18. The molecule has 0 saturated heterocycles. The highest BCUT2D eigenvalue weighted by molar-refractivity contribution is 5.78. The molecule has 4 rings (SSSR count). The van der Waals surface area contributed by atoms with Gasteiger partial charge in [-0.2, -0.15) is 0 Å². The maximum Gasteiger partial charge on any atom is 0.0493 e. The van der Waals surface area contributed by atoms with Crippen molar-refractivity contribution in [2.75, 3.05) is 4.90 Å². The van der Waals surface area contributed by atoms with E-state index >= 15 is 0 Å². The highest BCUT2D eigenvalue weighted by Crippen LogP contribution is 2.44. The van der Waals surface area contributed by atoms with Crippen LogP contribution in [-0.2, 0) is 12.8 Å². The number of anilines is 2. The van der Waals surface area contributed by atoms with E-state index in [1.54, 1.807) is 0 Å². The first-order chi connectivity index (χ1) is 10.8. The van der Waals surface area contributed by atoms with Crippen LogP contribution in [0.1, 0.15) is 30.9 Å². The normalized spacial score (nSPS) is 17.3. The zero-order valence-electron chi connectivity index (χ0n) is 13.1. The Kier molecular flexibility index (Phi) is 3.15. The standard InChI is InChI=1S/C21H21N/c1-15-11-12-16(2)21(15)22-19-9-5-3-7-17(19)13-14-18-8-4-6-10-20(18)22/h3-10H,1,11-14H2,2H3. The Morgan fingerprint density at radius 2 is 1.32 bits per heavy atom. The van der Waals surface area contributed by atoms with Crippen molar-refractivity contribution in [2.45, 2.75) is 32.6 Å². The third-order valence-electron chi connectivity index (χ3n) is 4.89. The average molecular weight is 287 g/mol. The molecule has 2 aromatic carbocycles. The van der Waals surface area contributed by atoms with Crippen LogP contribution >= 0.6 is 0 Å². The number of fused-ring (bicyclic) bond motifs is 2. The van der Waals surface area contributed by atoms with E-state index in [0.717, 1.165) is 25.7 Å². The SMILES string of the molecule is C=C1CCC(C)=C1N1c2ccccc2CCc2ccccc21. The Hall–Kier alpha value is -2.28. The van der Waals surface area contributed by atoms with Crippen molar-refractivity contribution in [3.05, 3.63) is 83.1 Å². The molecule has 0 fully saturated rings. The smallest absolute Gasteiger partial charge is 0.0493 e. The van der Waals surface area contributed by atoms with Gasteiger partial charge >= 0.3 is 0 Å². The van der Waals surface area contributed by atoms with Crippen molar-refractivity contribution in [3.63, 3.8) is 0 Å². The Balaban J connectivity index is 2.00. The number of benzene rings is 2. The Labute approximate surface area is 132 Å². The number of nitrogens with zero attached hydrogens (tertiary/aromatic N) is 1. The van der Waals surface area contributed by atoms with Crippen molar-refractivity contribution in [1.29, 1.82) is 0 Å². The minimum atomic E-state index is 1.09. The van der Waals surface area contributed by atoms with Gasteiger partial charge in [-0.15, -0.1) is 0 Å². The van der Waals surface area contributed by atoms with E-state index in [9.17, 15) is 0 Å². The summed E-state index contributed by atoms with van der Waals surface area (Å²) < 4.78 is 0. The summed E-state index contributed by atoms with van der Waals surface area (Å²) in [5, 5.41) is 0. The largest absolute Gasteiger partial charge is 0.310 e. The quantitative estimate of drug-likeness (QED) is 0.665. The molecule has 1 aliphatic heterocycles. The Bertz CT molecular complexity index is 734. The van der Waals surface area contributed by atoms with Crippen LogP contribution in [0, 0.1) is 0 Å². The van der Waals surface area contributed by atoms with Gasteiger partial charge in [0.25, 0.3) is 0 Å². The van der Waals surface area contributed by atoms with Crippen molar-refractivity contribution in [1.82, 2.24) is 0 Å². The lowest BCUT2D eigenvalue weighted by Gasteiger charge is -2.29. The topological polar surface area (TPSA) is 3.24 Å². The van der Waals surface area contributed by atoms with Crippen LogP contribution in [0.2, 0.25) is 0 Å². The van der Waals surface area contributed by atoms with Crippen LogP contribution in [0.5, 0.6) is 0 Å². The molecular weight excluding hydrogens is 266 g/mol. The number of allylic oxidation sites excluding steroid dienone is 2. The van der Waals surface area contributed by atoms with Gasteiger partial charge < -0.3 is 4.90 Å². The summed E-state index contributed by atoms with van der Waals surface area (Å²) in [5.41, 5.74) is 9.56. The summed E-state index contributed by atoms with van der Waals surface area (Å²) in [6.45, 7) is 6.59. The maximum atomic E-state index is 4.34. The minimum Gasteiger partial charge on any atom is -0.310 e. The molecule has 0 amide bonds. The molecule has 1 nitrogen and oxygen atoms in total. The molecular formula is C21H21N. The summed E-state index contributed by atoms with van der Waals surface area (Å²) in [6, 6.07) is 17.6. The molecule has 0 unspecified atom stereocenters. The van der Waals surface area contributed by atoms with Crippen molar-refractivity contribution in [3.8, 4) is 0 Å². The lowest BCUT2D eigenvalue weighted by molar-refractivity contribution is 0.977. The van der Waals surface area contributed by atoms with Gasteiger partial charge in [0.15, 0.2) is 0 Å². The van der Waals surface area contributed by atoms with E-state index in [-0.39, 0.29) is 0 Å². The van der Waals surface area contributed by atoms with Gasteiger partial charge in [0.05, 0.1) is 0 Å². The number of hydrogen-bond donors (Lipinski definition) is 0. The summed E-state index contributed by atoms with van der Waals surface area (Å²) in [5.74, 6) is 0. The van der Waals surface area contributed by atoms with Gasteiger partial charge in [0.2, 0.25) is 0 Å². The summed E-state index contributed by atoms with van der Waals surface area (Å²) in [4.78, 5) is 2.46. The number of aryl methyl sites for hydroxylation is 2. The first-order valence-electron chi connectivity index (χ1n) is 8.09. The fourth-order valence-electron chi connectivity index (χ4n) is 3.75. The Morgan fingerprint density at radius 1 is 0.773 bits per heavy atom. The molecule has 2 aliphatic rings. The van der Waals surface area contributed by atoms with Crippen LogP contribution in [0.25, 0.3) is 0 Å². The van der Waals surface area contributed by atoms with Crippen LogP contribution in [0.4, 0.5) is 11.4 Å². The molecule has 0 bridgehead atoms. The second-order valence-corrected chi connectivity index (χ2v) is 6.33. The highest BCUT2D eigenvalue weighted by Gasteiger charge is 2.28. The number of hydrogen-bond acceptors (Lipinski definition) is 1. The molecule has 1 aliphatic carbocycles. The third-order valence-corrected chi connectivity index (χ3v) is 4.89. The molecule has 22 heavy (non-hydrogen) atoms. The predicted octanol–water partition coefficient (Wildman–Crippen LogP) is 5.55. The number of rotatable bonds is 1. The second kappa shape index (κ2) is 5.17. The van der Waals surface area contributed by atoms with Gasteiger partial charge in [-0.1, -0.05) is 43.0 Å². The van der Waals surface area contributed by atoms with Gasteiger partial charge in [0.1, 0.15) is 0 Å². The molecule has 0 atom stereocenters. The third kappa shape index (κ3) is 2.00. The molecule has 0 N–H and O–H groups in total.